The van der Waals surface area contributed by atoms with E-state index in [-0.39, 0.29) is 12.3 Å². The number of carbonyl (C=O) groups is 1. The van der Waals surface area contributed by atoms with Crippen LogP contribution in [0, 0.1) is 5.41 Å². The number of benzene rings is 2. The average Bonchev–Trinajstić information content (AvgIpc) is 2.67. The topological polar surface area (TPSA) is 74.7 Å². The van der Waals surface area contributed by atoms with Crippen molar-refractivity contribution in [3.8, 4) is 11.5 Å². The summed E-state index contributed by atoms with van der Waals surface area (Å²) in [6.45, 7) is 0.431. The van der Waals surface area contributed by atoms with Gasteiger partial charge < -0.3 is 25.1 Å². The van der Waals surface area contributed by atoms with Crippen molar-refractivity contribution in [1.82, 2.24) is 5.32 Å². The zero-order chi connectivity index (χ0) is 19.8. The van der Waals surface area contributed by atoms with Gasteiger partial charge in [-0.25, -0.2) is 0 Å². The van der Waals surface area contributed by atoms with Crippen molar-refractivity contribution in [2.75, 3.05) is 39.8 Å². The maximum Gasteiger partial charge on any atom is 0.224 e. The Morgan fingerprint density at radius 3 is 2.30 bits per heavy atom. The number of nitrogens with one attached hydrogen (secondary N) is 2. The van der Waals surface area contributed by atoms with E-state index in [1.165, 1.54) is 0 Å². The van der Waals surface area contributed by atoms with Crippen molar-refractivity contribution in [2.45, 2.75) is 12.8 Å². The molecule has 0 aromatic heterocycles. The monoisotopic (exact) mass is 369 g/mol. The molecule has 0 aliphatic carbocycles. The molecule has 2 rings (SSSR count). The molecule has 0 heterocycles. The van der Waals surface area contributed by atoms with E-state index in [1.807, 2.05) is 49.3 Å². The zero-order valence-corrected chi connectivity index (χ0v) is 16.3. The number of ether oxygens (including phenoxy) is 2. The summed E-state index contributed by atoms with van der Waals surface area (Å²) in [4.78, 5) is 14.2. The molecule has 0 saturated heterocycles. The van der Waals surface area contributed by atoms with E-state index in [4.69, 9.17) is 14.9 Å². The SMILES string of the molecule is COc1ccc(CC(=O)NCCC(=N)c2ccc(N(C)C)cc2)cc1OC. The van der Waals surface area contributed by atoms with Crippen LogP contribution in [0.2, 0.25) is 0 Å². The number of carbonyl (C=O) groups excluding carboxylic acids is 1. The molecule has 27 heavy (non-hydrogen) atoms. The Morgan fingerprint density at radius 2 is 1.70 bits per heavy atom. The van der Waals surface area contributed by atoms with E-state index in [0.717, 1.165) is 16.8 Å². The Labute approximate surface area is 160 Å². The zero-order valence-electron chi connectivity index (χ0n) is 16.3. The van der Waals surface area contributed by atoms with Gasteiger partial charge >= 0.3 is 0 Å². The summed E-state index contributed by atoms with van der Waals surface area (Å²) >= 11 is 0. The number of rotatable bonds is 9. The summed E-state index contributed by atoms with van der Waals surface area (Å²) in [5.41, 5.74) is 3.32. The maximum atomic E-state index is 12.1. The van der Waals surface area contributed by atoms with Crippen molar-refractivity contribution in [3.63, 3.8) is 0 Å². The van der Waals surface area contributed by atoms with Crippen molar-refractivity contribution in [3.05, 3.63) is 53.6 Å². The number of nitrogens with zero attached hydrogens (tertiary/aromatic N) is 1. The van der Waals surface area contributed by atoms with Gasteiger partial charge in [-0.2, -0.15) is 0 Å². The van der Waals surface area contributed by atoms with E-state index in [2.05, 4.69) is 5.32 Å². The van der Waals surface area contributed by atoms with E-state index in [9.17, 15) is 4.79 Å². The van der Waals surface area contributed by atoms with E-state index in [0.29, 0.717) is 30.2 Å². The largest absolute Gasteiger partial charge is 0.493 e. The van der Waals surface area contributed by atoms with Crippen LogP contribution in [0.15, 0.2) is 42.5 Å². The molecule has 6 nitrogen and oxygen atoms in total. The fourth-order valence-electron chi connectivity index (χ4n) is 2.67. The first kappa shape index (κ1) is 20.3. The number of methoxy groups -OCH3 is 2. The molecule has 2 aromatic rings. The number of amides is 1. The van der Waals surface area contributed by atoms with Gasteiger partial charge in [0.1, 0.15) is 0 Å². The third kappa shape index (κ3) is 5.74. The normalized spacial score (nSPS) is 10.2. The lowest BCUT2D eigenvalue weighted by Gasteiger charge is -2.13. The first-order valence-electron chi connectivity index (χ1n) is 8.77. The highest BCUT2D eigenvalue weighted by Crippen LogP contribution is 2.27. The van der Waals surface area contributed by atoms with Gasteiger partial charge in [0.25, 0.3) is 0 Å². The molecule has 0 spiro atoms. The van der Waals surface area contributed by atoms with E-state index >= 15 is 0 Å². The van der Waals surface area contributed by atoms with E-state index in [1.54, 1.807) is 26.4 Å². The fraction of sp³-hybridized carbons (Fsp3) is 0.333. The summed E-state index contributed by atoms with van der Waals surface area (Å²) < 4.78 is 10.5. The first-order valence-corrected chi connectivity index (χ1v) is 8.77. The molecule has 1 amide bonds. The third-order valence-electron chi connectivity index (χ3n) is 4.24. The molecule has 144 valence electrons. The van der Waals surface area contributed by atoms with Crippen LogP contribution in [0.5, 0.6) is 11.5 Å². The predicted molar refractivity (Wildman–Crippen MR) is 108 cm³/mol. The Kier molecular flexibility index (Phi) is 7.23. The van der Waals surface area contributed by atoms with Crippen LogP contribution in [0.1, 0.15) is 17.5 Å². The summed E-state index contributed by atoms with van der Waals surface area (Å²) in [5.74, 6) is 1.15. The second kappa shape index (κ2) is 9.62. The van der Waals surface area contributed by atoms with Crippen LogP contribution in [0.3, 0.4) is 0 Å². The van der Waals surface area contributed by atoms with Crippen molar-refractivity contribution in [1.29, 1.82) is 5.41 Å². The molecule has 0 aliphatic heterocycles. The highest BCUT2D eigenvalue weighted by Gasteiger charge is 2.09. The first-order chi connectivity index (χ1) is 12.9. The Hall–Kier alpha value is -3.02. The molecular formula is C21H27N3O3. The van der Waals surface area contributed by atoms with E-state index < -0.39 is 0 Å². The molecule has 2 N–H and O–H groups in total. The van der Waals surface area contributed by atoms with Crippen LogP contribution in [0.25, 0.3) is 0 Å². The molecule has 2 aromatic carbocycles. The molecule has 0 fully saturated rings. The van der Waals surface area contributed by atoms with Gasteiger partial charge in [-0.15, -0.1) is 0 Å². The highest BCUT2D eigenvalue weighted by molar-refractivity contribution is 5.98. The molecule has 0 bridgehead atoms. The predicted octanol–water partition coefficient (Wildman–Crippen LogP) is 2.89. The standard InChI is InChI=1S/C21H27N3O3/c1-24(2)17-8-6-16(7-9-17)18(22)11-12-23-21(25)14-15-5-10-19(26-3)20(13-15)27-4/h5-10,13,22H,11-12,14H2,1-4H3,(H,23,25). The van der Waals surface area contributed by atoms with Crippen LogP contribution in [0.4, 0.5) is 5.69 Å². The lowest BCUT2D eigenvalue weighted by molar-refractivity contribution is -0.120. The Bertz CT molecular complexity index is 786. The minimum atomic E-state index is -0.0852. The van der Waals surface area contributed by atoms with Gasteiger partial charge in [0, 0.05) is 38.5 Å². The summed E-state index contributed by atoms with van der Waals surface area (Å²) in [6, 6.07) is 13.3. The quantitative estimate of drug-likeness (QED) is 0.667. The second-order valence-electron chi connectivity index (χ2n) is 6.39. The number of anilines is 1. The molecule has 0 aliphatic rings. The second-order valence-corrected chi connectivity index (χ2v) is 6.39. The summed E-state index contributed by atoms with van der Waals surface area (Å²) in [7, 11) is 7.11. The van der Waals surface area contributed by atoms with Gasteiger partial charge in [-0.05, 0) is 35.4 Å². The van der Waals surface area contributed by atoms with Gasteiger partial charge in [-0.3, -0.25) is 4.79 Å². The average molecular weight is 369 g/mol. The minimum Gasteiger partial charge on any atom is -0.493 e. The van der Waals surface area contributed by atoms with Gasteiger partial charge in [-0.1, -0.05) is 18.2 Å². The summed E-state index contributed by atoms with van der Waals surface area (Å²) in [6.07, 6.45) is 0.740. The lowest BCUT2D eigenvalue weighted by Crippen LogP contribution is -2.27. The molecule has 6 heteroatoms. The molecule has 0 atom stereocenters. The van der Waals surface area contributed by atoms with Crippen molar-refractivity contribution >= 4 is 17.3 Å². The lowest BCUT2D eigenvalue weighted by atomic mass is 10.1. The molecule has 0 radical (unpaired) electrons. The summed E-state index contributed by atoms with van der Waals surface area (Å²) in [5, 5.41) is 11.0. The van der Waals surface area contributed by atoms with Gasteiger partial charge in [0.15, 0.2) is 11.5 Å². The highest BCUT2D eigenvalue weighted by atomic mass is 16.5. The maximum absolute atomic E-state index is 12.1. The van der Waals surface area contributed by atoms with Crippen LogP contribution in [-0.2, 0) is 11.2 Å². The van der Waals surface area contributed by atoms with Gasteiger partial charge in [0.2, 0.25) is 5.91 Å². The number of hydrogen-bond donors (Lipinski definition) is 2. The van der Waals surface area contributed by atoms with Crippen LogP contribution < -0.4 is 19.7 Å². The fourth-order valence-corrected chi connectivity index (χ4v) is 2.67. The smallest absolute Gasteiger partial charge is 0.224 e. The third-order valence-corrected chi connectivity index (χ3v) is 4.24. The molecular weight excluding hydrogens is 342 g/mol. The molecule has 0 unspecified atom stereocenters. The Balaban J connectivity index is 1.82. The van der Waals surface area contributed by atoms with Crippen LogP contribution >= 0.6 is 0 Å². The molecule has 0 saturated carbocycles. The van der Waals surface area contributed by atoms with Gasteiger partial charge in [0.05, 0.1) is 20.6 Å². The van der Waals surface area contributed by atoms with Crippen molar-refractivity contribution in [2.24, 2.45) is 0 Å². The number of hydrogen-bond acceptors (Lipinski definition) is 5. The minimum absolute atomic E-state index is 0.0852. The van der Waals surface area contributed by atoms with Crippen LogP contribution in [-0.4, -0.2) is 46.5 Å². The van der Waals surface area contributed by atoms with Crippen molar-refractivity contribution < 1.29 is 14.3 Å². The Morgan fingerprint density at radius 1 is 1.04 bits per heavy atom.